The number of fused-ring (bicyclic) bond motifs is 1. The minimum absolute atomic E-state index is 0.0970. The van der Waals surface area contributed by atoms with Gasteiger partial charge in [0.15, 0.2) is 12.6 Å². The van der Waals surface area contributed by atoms with E-state index >= 15 is 0 Å². The topological polar surface area (TPSA) is 59.8 Å². The van der Waals surface area contributed by atoms with Crippen LogP contribution in [0.15, 0.2) is 42.5 Å². The predicted octanol–water partition coefficient (Wildman–Crippen LogP) is 1.42. The highest BCUT2D eigenvalue weighted by Crippen LogP contribution is 2.16. The molecular formula is C21H25N2O3+. The molecule has 1 amide bonds. The zero-order valence-electron chi connectivity index (χ0n) is 15.5. The van der Waals surface area contributed by atoms with Crippen molar-refractivity contribution >= 4 is 17.6 Å². The van der Waals surface area contributed by atoms with Gasteiger partial charge in [-0.1, -0.05) is 42.0 Å². The molecule has 0 saturated carbocycles. The third kappa shape index (κ3) is 3.94. The highest BCUT2D eigenvalue weighted by Gasteiger charge is 2.37. The number of quaternary nitrogens is 1. The summed E-state index contributed by atoms with van der Waals surface area (Å²) in [4.78, 5) is 25.8. The highest BCUT2D eigenvalue weighted by atomic mass is 16.5. The van der Waals surface area contributed by atoms with Crippen LogP contribution in [0.1, 0.15) is 22.3 Å². The van der Waals surface area contributed by atoms with Crippen molar-refractivity contribution in [1.29, 1.82) is 0 Å². The Bertz CT molecular complexity index is 832. The van der Waals surface area contributed by atoms with Gasteiger partial charge in [-0.25, -0.2) is 4.79 Å². The van der Waals surface area contributed by atoms with Crippen LogP contribution in [0, 0.1) is 13.8 Å². The molecule has 3 rings (SSSR count). The summed E-state index contributed by atoms with van der Waals surface area (Å²) in [6.45, 7) is 4.86. The zero-order chi connectivity index (χ0) is 18.7. The maximum absolute atomic E-state index is 12.6. The van der Waals surface area contributed by atoms with Gasteiger partial charge < -0.3 is 15.0 Å². The van der Waals surface area contributed by atoms with Crippen LogP contribution in [0.25, 0.3) is 0 Å². The van der Waals surface area contributed by atoms with Gasteiger partial charge in [-0.3, -0.25) is 4.79 Å². The van der Waals surface area contributed by atoms with Gasteiger partial charge in [0.05, 0.1) is 7.11 Å². The Kier molecular flexibility index (Phi) is 5.38. The summed E-state index contributed by atoms with van der Waals surface area (Å²) in [6.07, 6.45) is 0.592. The fourth-order valence-electron chi connectivity index (χ4n) is 3.59. The maximum Gasteiger partial charge on any atom is 0.365 e. The summed E-state index contributed by atoms with van der Waals surface area (Å²) in [7, 11) is 1.40. The van der Waals surface area contributed by atoms with Crippen molar-refractivity contribution in [3.63, 3.8) is 0 Å². The molecule has 136 valence electrons. The number of ether oxygens (including phenoxy) is 1. The molecule has 0 spiro atoms. The summed E-state index contributed by atoms with van der Waals surface area (Å²) < 4.78 is 4.98. The summed E-state index contributed by atoms with van der Waals surface area (Å²) in [5.74, 6) is -0.367. The Labute approximate surface area is 154 Å². The average Bonchev–Trinajstić information content (AvgIpc) is 2.63. The van der Waals surface area contributed by atoms with Crippen LogP contribution < -0.4 is 10.2 Å². The van der Waals surface area contributed by atoms with Gasteiger partial charge in [0.1, 0.15) is 6.54 Å². The minimum atomic E-state index is -0.361. The number of amides is 1. The zero-order valence-corrected chi connectivity index (χ0v) is 15.5. The lowest BCUT2D eigenvalue weighted by Crippen LogP contribution is -3.17. The molecule has 2 N–H and O–H groups in total. The van der Waals surface area contributed by atoms with Gasteiger partial charge in [-0.2, -0.15) is 0 Å². The SMILES string of the molecule is COC(=O)[C@H]1Cc2ccccc2C[NH+]1CC(=O)Nc1ccc(C)cc1C. The van der Waals surface area contributed by atoms with Crippen molar-refractivity contribution in [3.8, 4) is 0 Å². The average molecular weight is 353 g/mol. The molecule has 0 aromatic heterocycles. The van der Waals surface area contributed by atoms with Crippen molar-refractivity contribution < 1.29 is 19.2 Å². The Morgan fingerprint density at radius 1 is 1.15 bits per heavy atom. The van der Waals surface area contributed by atoms with E-state index in [2.05, 4.69) is 11.4 Å². The van der Waals surface area contributed by atoms with Crippen molar-refractivity contribution in [1.82, 2.24) is 0 Å². The summed E-state index contributed by atoms with van der Waals surface area (Å²) in [5.41, 5.74) is 5.34. The second-order valence-electron chi connectivity index (χ2n) is 6.93. The van der Waals surface area contributed by atoms with Crippen LogP contribution in [0.3, 0.4) is 0 Å². The molecule has 26 heavy (non-hydrogen) atoms. The number of carbonyl (C=O) groups is 2. The first-order valence-electron chi connectivity index (χ1n) is 8.84. The van der Waals surface area contributed by atoms with E-state index in [1.165, 1.54) is 12.7 Å². The lowest BCUT2D eigenvalue weighted by Gasteiger charge is -2.31. The number of carbonyl (C=O) groups excluding carboxylic acids is 2. The second kappa shape index (κ2) is 7.70. The molecule has 2 atom stereocenters. The number of hydrogen-bond acceptors (Lipinski definition) is 3. The summed E-state index contributed by atoms with van der Waals surface area (Å²) in [6, 6.07) is 13.6. The third-order valence-corrected chi connectivity index (χ3v) is 4.98. The number of hydrogen-bond donors (Lipinski definition) is 2. The van der Waals surface area contributed by atoms with Gasteiger partial charge in [0, 0.05) is 17.7 Å². The van der Waals surface area contributed by atoms with Crippen LogP contribution in [0.2, 0.25) is 0 Å². The third-order valence-electron chi connectivity index (χ3n) is 4.98. The number of benzene rings is 2. The molecule has 1 heterocycles. The van der Waals surface area contributed by atoms with E-state index in [1.807, 2.05) is 50.2 Å². The van der Waals surface area contributed by atoms with Crippen LogP contribution in [0.4, 0.5) is 5.69 Å². The van der Waals surface area contributed by atoms with Crippen LogP contribution >= 0.6 is 0 Å². The molecule has 0 aliphatic carbocycles. The molecule has 1 aliphatic heterocycles. The number of aryl methyl sites for hydroxylation is 2. The summed E-state index contributed by atoms with van der Waals surface area (Å²) in [5, 5.41) is 2.97. The Balaban J connectivity index is 1.75. The van der Waals surface area contributed by atoms with Gasteiger partial charge >= 0.3 is 5.97 Å². The van der Waals surface area contributed by atoms with E-state index in [0.717, 1.165) is 27.3 Å². The maximum atomic E-state index is 12.6. The van der Waals surface area contributed by atoms with E-state index in [4.69, 9.17) is 4.74 Å². The first kappa shape index (κ1) is 18.1. The number of nitrogens with one attached hydrogen (secondary N) is 2. The van der Waals surface area contributed by atoms with E-state index in [-0.39, 0.29) is 24.5 Å². The molecule has 0 fully saturated rings. The van der Waals surface area contributed by atoms with E-state index in [9.17, 15) is 9.59 Å². The Morgan fingerprint density at radius 2 is 1.88 bits per heavy atom. The normalized spacial score (nSPS) is 18.7. The number of anilines is 1. The molecule has 5 heteroatoms. The molecule has 0 saturated heterocycles. The standard InChI is InChI=1S/C21H24N2O3/c1-14-8-9-18(15(2)10-14)22-20(24)13-23-12-17-7-5-4-6-16(17)11-19(23)21(25)26-3/h4-10,19H,11-13H2,1-3H3,(H,22,24)/p+1/t19-/m1/s1. The smallest absolute Gasteiger partial charge is 0.365 e. The Hall–Kier alpha value is -2.66. The van der Waals surface area contributed by atoms with Gasteiger partial charge in [0.2, 0.25) is 0 Å². The first-order valence-corrected chi connectivity index (χ1v) is 8.84. The lowest BCUT2D eigenvalue weighted by molar-refractivity contribution is -0.924. The molecule has 2 aromatic carbocycles. The van der Waals surface area contributed by atoms with Crippen molar-refractivity contribution in [3.05, 3.63) is 64.7 Å². The molecule has 0 bridgehead atoms. The monoisotopic (exact) mass is 353 g/mol. The second-order valence-corrected chi connectivity index (χ2v) is 6.93. The number of rotatable bonds is 4. The Morgan fingerprint density at radius 3 is 2.58 bits per heavy atom. The summed E-state index contributed by atoms with van der Waals surface area (Å²) >= 11 is 0. The van der Waals surface area contributed by atoms with Crippen LogP contribution in [-0.2, 0) is 27.3 Å². The van der Waals surface area contributed by atoms with Crippen molar-refractivity contribution in [2.24, 2.45) is 0 Å². The van der Waals surface area contributed by atoms with E-state index in [1.54, 1.807) is 0 Å². The molecular weight excluding hydrogens is 328 g/mol. The minimum Gasteiger partial charge on any atom is -0.465 e. The number of esters is 1. The highest BCUT2D eigenvalue weighted by molar-refractivity contribution is 5.92. The van der Waals surface area contributed by atoms with Gasteiger partial charge in [0.25, 0.3) is 5.91 Å². The quantitative estimate of drug-likeness (QED) is 0.818. The fraction of sp³-hybridized carbons (Fsp3) is 0.333. The van der Waals surface area contributed by atoms with E-state index in [0.29, 0.717) is 13.0 Å². The van der Waals surface area contributed by atoms with Crippen LogP contribution in [-0.4, -0.2) is 31.6 Å². The van der Waals surface area contributed by atoms with Crippen molar-refractivity contribution in [2.45, 2.75) is 32.9 Å². The first-order chi connectivity index (χ1) is 12.5. The predicted molar refractivity (Wildman–Crippen MR) is 100 cm³/mol. The van der Waals surface area contributed by atoms with Crippen molar-refractivity contribution in [2.75, 3.05) is 19.0 Å². The van der Waals surface area contributed by atoms with Gasteiger partial charge in [-0.05, 0) is 31.0 Å². The molecule has 5 nitrogen and oxygen atoms in total. The fourth-order valence-corrected chi connectivity index (χ4v) is 3.59. The van der Waals surface area contributed by atoms with E-state index < -0.39 is 0 Å². The lowest BCUT2D eigenvalue weighted by atomic mass is 9.94. The van der Waals surface area contributed by atoms with Gasteiger partial charge in [-0.15, -0.1) is 0 Å². The molecule has 2 aromatic rings. The molecule has 0 radical (unpaired) electrons. The largest absolute Gasteiger partial charge is 0.465 e. The number of methoxy groups -OCH3 is 1. The molecule has 1 unspecified atom stereocenters. The molecule has 1 aliphatic rings. The van der Waals surface area contributed by atoms with Crippen LogP contribution in [0.5, 0.6) is 0 Å².